The fraction of sp³-hybridized carbons (Fsp3) is 0.333. The minimum atomic E-state index is -1.56. The smallest absolute Gasteiger partial charge is 0.550 e. The van der Waals surface area contributed by atoms with Gasteiger partial charge in [0.1, 0.15) is 0 Å². The van der Waals surface area contributed by atoms with Gasteiger partial charge >= 0.3 is 35.0 Å². The summed E-state index contributed by atoms with van der Waals surface area (Å²) in [4.78, 5) is 37.4. The van der Waals surface area contributed by atoms with Gasteiger partial charge in [-0.05, 0) is 0 Å². The third-order valence-corrected chi connectivity index (χ3v) is 0.591. The first-order valence-corrected chi connectivity index (χ1v) is 3.09. The molecule has 0 saturated carbocycles. The molecule has 0 aromatic carbocycles. The van der Waals surface area contributed by atoms with Crippen molar-refractivity contribution in [3.8, 4) is 0 Å². The van der Waals surface area contributed by atoms with Crippen molar-refractivity contribution in [2.75, 3.05) is 0 Å². The second-order valence-corrected chi connectivity index (χ2v) is 1.89. The Kier molecular flexibility index (Phi) is 13.8. The molecule has 0 aliphatic heterocycles. The van der Waals surface area contributed by atoms with Gasteiger partial charge < -0.3 is 30.0 Å². The molecule has 0 fully saturated rings. The first-order valence-electron chi connectivity index (χ1n) is 3.09. The second-order valence-electron chi connectivity index (χ2n) is 1.89. The van der Waals surface area contributed by atoms with Crippen molar-refractivity contribution in [1.82, 2.24) is 0 Å². The van der Waals surface area contributed by atoms with Crippen LogP contribution < -0.4 is 10.2 Å². The van der Waals surface area contributed by atoms with E-state index in [1.54, 1.807) is 0 Å². The Morgan fingerprint density at radius 3 is 1.00 bits per heavy atom. The molecule has 0 aromatic rings. The Hall–Kier alpha value is -1.35. The summed E-state index contributed by atoms with van der Waals surface area (Å²) in [6, 6.07) is 0. The summed E-state index contributed by atoms with van der Waals surface area (Å²) in [5, 5.41) is 34.0. The van der Waals surface area contributed by atoms with Crippen molar-refractivity contribution in [2.24, 2.45) is 0 Å². The molecule has 0 spiro atoms. The molecule has 2 N–H and O–H groups in total. The van der Waals surface area contributed by atoms with Crippen LogP contribution in [0, 0.1) is 0 Å². The van der Waals surface area contributed by atoms with E-state index >= 15 is 0 Å². The summed E-state index contributed by atoms with van der Waals surface area (Å²) in [5.74, 6) is -5.88. The standard InChI is InChI=1S/2C3H4O4.Mg/c2*4-2(5)1-3(6)7;/h2*1H2,(H,4,5)(H,6,7);/q;;+2/p-2. The van der Waals surface area contributed by atoms with Gasteiger partial charge in [-0.15, -0.1) is 0 Å². The Morgan fingerprint density at radius 2 is 1.00 bits per heavy atom. The molecule has 0 bridgehead atoms. The van der Waals surface area contributed by atoms with Crippen molar-refractivity contribution in [3.05, 3.63) is 0 Å². The van der Waals surface area contributed by atoms with Gasteiger partial charge in [0.25, 0.3) is 0 Å². The quantitative estimate of drug-likeness (QED) is 0.366. The van der Waals surface area contributed by atoms with Gasteiger partial charge in [0.2, 0.25) is 0 Å². The van der Waals surface area contributed by atoms with Crippen LogP contribution in [0.3, 0.4) is 0 Å². The van der Waals surface area contributed by atoms with Crippen molar-refractivity contribution < 1.29 is 39.6 Å². The van der Waals surface area contributed by atoms with Gasteiger partial charge in [0.15, 0.2) is 0 Å². The van der Waals surface area contributed by atoms with Crippen molar-refractivity contribution in [2.45, 2.75) is 12.8 Å². The molecule has 9 heteroatoms. The fourth-order valence-electron chi connectivity index (χ4n) is 0.247. The maximum atomic E-state index is 9.39. The molecule has 8 nitrogen and oxygen atoms in total. The summed E-state index contributed by atoms with van der Waals surface area (Å²) < 4.78 is 0. The van der Waals surface area contributed by atoms with Crippen molar-refractivity contribution in [3.63, 3.8) is 0 Å². The molecule has 0 aliphatic rings. The minimum absolute atomic E-state index is 0. The Morgan fingerprint density at radius 1 is 0.800 bits per heavy atom. The van der Waals surface area contributed by atoms with E-state index in [2.05, 4.69) is 0 Å². The third kappa shape index (κ3) is 32.4. The zero-order chi connectivity index (χ0) is 11.7. The Bertz CT molecular complexity index is 198. The molecule has 80 valence electrons. The second kappa shape index (κ2) is 10.7. The monoisotopic (exact) mass is 230 g/mol. The first-order chi connectivity index (χ1) is 6.25. The predicted molar refractivity (Wildman–Crippen MR) is 40.3 cm³/mol. The topological polar surface area (TPSA) is 155 Å². The molecule has 0 saturated heterocycles. The van der Waals surface area contributed by atoms with Crippen LogP contribution in [0.5, 0.6) is 0 Å². The molecule has 0 rings (SSSR count). The maximum Gasteiger partial charge on any atom is 2.00 e. The molecule has 0 heterocycles. The van der Waals surface area contributed by atoms with Crippen LogP contribution in [0.4, 0.5) is 0 Å². The predicted octanol–water partition coefficient (Wildman–Crippen LogP) is -3.96. The number of carboxylic acids is 4. The SMILES string of the molecule is O=C([O-])CC(=O)O.O=C([O-])CC(=O)O.[Mg+2]. The van der Waals surface area contributed by atoms with Gasteiger partial charge in [-0.1, -0.05) is 0 Å². The molecule has 0 aliphatic carbocycles. The molecule has 0 unspecified atom stereocenters. The van der Waals surface area contributed by atoms with E-state index in [1.807, 2.05) is 0 Å². The Balaban J connectivity index is -0.000000180. The molecular formula is C6H6MgO8. The molecule has 0 atom stereocenters. The van der Waals surface area contributed by atoms with Gasteiger partial charge in [0, 0.05) is 0 Å². The van der Waals surface area contributed by atoms with Crippen LogP contribution in [0.25, 0.3) is 0 Å². The third-order valence-electron chi connectivity index (χ3n) is 0.591. The van der Waals surface area contributed by atoms with Crippen LogP contribution in [-0.2, 0) is 19.2 Å². The average Bonchev–Trinajstić information content (AvgIpc) is 1.79. The van der Waals surface area contributed by atoms with E-state index in [0.29, 0.717) is 0 Å². The van der Waals surface area contributed by atoms with E-state index in [4.69, 9.17) is 10.2 Å². The summed E-state index contributed by atoms with van der Waals surface area (Å²) in [6.45, 7) is 0. The van der Waals surface area contributed by atoms with Gasteiger partial charge in [-0.25, -0.2) is 0 Å². The number of aliphatic carboxylic acids is 4. The van der Waals surface area contributed by atoms with Crippen LogP contribution in [0.2, 0.25) is 0 Å². The van der Waals surface area contributed by atoms with Crippen LogP contribution in [0.15, 0.2) is 0 Å². The van der Waals surface area contributed by atoms with E-state index < -0.39 is 36.7 Å². The largest absolute Gasteiger partial charge is 2.00 e. The fourth-order valence-corrected chi connectivity index (χ4v) is 0.247. The van der Waals surface area contributed by atoms with Gasteiger partial charge in [0.05, 0.1) is 24.8 Å². The summed E-state index contributed by atoms with van der Waals surface area (Å²) in [6.07, 6.45) is -1.83. The van der Waals surface area contributed by atoms with Gasteiger partial charge in [-0.2, -0.15) is 0 Å². The molecule has 0 amide bonds. The van der Waals surface area contributed by atoms with E-state index in [-0.39, 0.29) is 23.1 Å². The van der Waals surface area contributed by atoms with Crippen LogP contribution in [0.1, 0.15) is 12.8 Å². The summed E-state index contributed by atoms with van der Waals surface area (Å²) in [5.41, 5.74) is 0. The zero-order valence-corrected chi connectivity index (χ0v) is 8.88. The number of hydrogen-bond acceptors (Lipinski definition) is 6. The number of carboxylic acid groups (broad SMARTS) is 4. The van der Waals surface area contributed by atoms with Crippen LogP contribution in [-0.4, -0.2) is 57.1 Å². The van der Waals surface area contributed by atoms with Crippen molar-refractivity contribution in [1.29, 1.82) is 0 Å². The molecular weight excluding hydrogens is 224 g/mol. The summed E-state index contributed by atoms with van der Waals surface area (Å²) >= 11 is 0. The van der Waals surface area contributed by atoms with E-state index in [0.717, 1.165) is 0 Å². The van der Waals surface area contributed by atoms with E-state index in [9.17, 15) is 29.4 Å². The first kappa shape index (κ1) is 19.3. The number of carbonyl (C=O) groups is 4. The van der Waals surface area contributed by atoms with Gasteiger partial charge in [-0.3, -0.25) is 9.59 Å². The molecule has 0 radical (unpaired) electrons. The zero-order valence-electron chi connectivity index (χ0n) is 7.47. The Labute approximate surface area is 99.7 Å². The molecule has 0 aromatic heterocycles. The normalized spacial score (nSPS) is 7.47. The van der Waals surface area contributed by atoms with Crippen molar-refractivity contribution >= 4 is 46.9 Å². The molecule has 15 heavy (non-hydrogen) atoms. The number of hydrogen-bond donors (Lipinski definition) is 2. The summed E-state index contributed by atoms with van der Waals surface area (Å²) in [7, 11) is 0. The number of rotatable bonds is 4. The maximum absolute atomic E-state index is 9.39. The minimum Gasteiger partial charge on any atom is -0.550 e. The van der Waals surface area contributed by atoms with E-state index in [1.165, 1.54) is 0 Å². The van der Waals surface area contributed by atoms with Crippen LogP contribution >= 0.6 is 0 Å². The average molecular weight is 230 g/mol. The number of carbonyl (C=O) groups excluding carboxylic acids is 2.